The zero-order chi connectivity index (χ0) is 10.1. The third kappa shape index (κ3) is 3.00. The summed E-state index contributed by atoms with van der Waals surface area (Å²) in [5.41, 5.74) is 0.711. The van der Waals surface area contributed by atoms with Crippen molar-refractivity contribution >= 4 is 0 Å². The van der Waals surface area contributed by atoms with Crippen molar-refractivity contribution in [2.45, 2.75) is 60.3 Å². The van der Waals surface area contributed by atoms with Crippen molar-refractivity contribution in [2.75, 3.05) is 0 Å². The van der Waals surface area contributed by atoms with Gasteiger partial charge in [0.25, 0.3) is 0 Å². The summed E-state index contributed by atoms with van der Waals surface area (Å²) in [5, 5.41) is 0. The Morgan fingerprint density at radius 2 is 1.77 bits per heavy atom. The fraction of sp³-hybridized carbons (Fsp3) is 1.00. The molecule has 0 saturated heterocycles. The first-order chi connectivity index (χ1) is 5.93. The summed E-state index contributed by atoms with van der Waals surface area (Å²) in [6.45, 7) is 11.9. The van der Waals surface area contributed by atoms with Gasteiger partial charge in [-0.1, -0.05) is 34.6 Å². The van der Waals surface area contributed by atoms with Crippen molar-refractivity contribution in [3.05, 3.63) is 0 Å². The van der Waals surface area contributed by atoms with Crippen LogP contribution < -0.4 is 0 Å². The molecule has 1 rings (SSSR count). The average molecular weight is 182 g/mol. The van der Waals surface area contributed by atoms with E-state index in [2.05, 4.69) is 34.6 Å². The van der Waals surface area contributed by atoms with Crippen LogP contribution in [0.4, 0.5) is 0 Å². The molecule has 1 atom stereocenters. The largest absolute Gasteiger partial charge is 0.0625 e. The number of rotatable bonds is 4. The van der Waals surface area contributed by atoms with E-state index in [4.69, 9.17) is 0 Å². The Morgan fingerprint density at radius 1 is 1.23 bits per heavy atom. The van der Waals surface area contributed by atoms with E-state index >= 15 is 0 Å². The molecule has 0 aromatic rings. The first-order valence-corrected chi connectivity index (χ1v) is 5.93. The van der Waals surface area contributed by atoms with Gasteiger partial charge in [-0.15, -0.1) is 0 Å². The van der Waals surface area contributed by atoms with Crippen LogP contribution in [0.3, 0.4) is 0 Å². The van der Waals surface area contributed by atoms with E-state index in [1.165, 1.54) is 25.7 Å². The molecule has 0 amide bonds. The van der Waals surface area contributed by atoms with E-state index in [0.29, 0.717) is 5.41 Å². The SMILES string of the molecule is CC1CC(C)(CCC(C)C(C)C)C1. The molecule has 0 aliphatic heterocycles. The lowest BCUT2D eigenvalue weighted by Gasteiger charge is -2.44. The Kier molecular flexibility index (Phi) is 3.43. The molecular weight excluding hydrogens is 156 g/mol. The molecule has 1 aliphatic carbocycles. The summed E-state index contributed by atoms with van der Waals surface area (Å²) in [6.07, 6.45) is 5.83. The lowest BCUT2D eigenvalue weighted by Crippen LogP contribution is -2.33. The quantitative estimate of drug-likeness (QED) is 0.600. The molecule has 0 N–H and O–H groups in total. The van der Waals surface area contributed by atoms with Gasteiger partial charge in [0.1, 0.15) is 0 Å². The zero-order valence-corrected chi connectivity index (χ0v) is 10.1. The van der Waals surface area contributed by atoms with Gasteiger partial charge >= 0.3 is 0 Å². The van der Waals surface area contributed by atoms with Crippen LogP contribution in [0.25, 0.3) is 0 Å². The first-order valence-electron chi connectivity index (χ1n) is 5.93. The maximum Gasteiger partial charge on any atom is -0.0321 e. The van der Waals surface area contributed by atoms with Gasteiger partial charge in [0, 0.05) is 0 Å². The predicted octanol–water partition coefficient (Wildman–Crippen LogP) is 4.49. The van der Waals surface area contributed by atoms with Gasteiger partial charge in [-0.25, -0.2) is 0 Å². The molecule has 0 radical (unpaired) electrons. The maximum atomic E-state index is 2.47. The van der Waals surface area contributed by atoms with Gasteiger partial charge in [0.05, 0.1) is 0 Å². The summed E-state index contributed by atoms with van der Waals surface area (Å²) >= 11 is 0. The minimum atomic E-state index is 0.711. The van der Waals surface area contributed by atoms with Crippen LogP contribution in [-0.4, -0.2) is 0 Å². The molecule has 1 fully saturated rings. The lowest BCUT2D eigenvalue weighted by atomic mass is 9.61. The molecule has 13 heavy (non-hydrogen) atoms. The first kappa shape index (κ1) is 11.1. The van der Waals surface area contributed by atoms with E-state index < -0.39 is 0 Å². The highest BCUT2D eigenvalue weighted by molar-refractivity contribution is 4.88. The highest BCUT2D eigenvalue weighted by atomic mass is 14.4. The van der Waals surface area contributed by atoms with Gasteiger partial charge in [-0.3, -0.25) is 0 Å². The summed E-state index contributed by atoms with van der Waals surface area (Å²) in [5.74, 6) is 2.77. The van der Waals surface area contributed by atoms with E-state index in [-0.39, 0.29) is 0 Å². The topological polar surface area (TPSA) is 0 Å². The predicted molar refractivity (Wildman–Crippen MR) is 59.7 cm³/mol. The fourth-order valence-corrected chi connectivity index (χ4v) is 2.74. The Balaban J connectivity index is 2.19. The van der Waals surface area contributed by atoms with Crippen molar-refractivity contribution in [3.8, 4) is 0 Å². The molecule has 0 heterocycles. The normalized spacial score (nSPS) is 36.0. The molecule has 0 bridgehead atoms. The minimum absolute atomic E-state index is 0.711. The number of hydrogen-bond donors (Lipinski definition) is 0. The summed E-state index contributed by atoms with van der Waals surface area (Å²) in [7, 11) is 0. The fourth-order valence-electron chi connectivity index (χ4n) is 2.74. The van der Waals surface area contributed by atoms with Gasteiger partial charge in [-0.05, 0) is 48.9 Å². The molecular formula is C13H26. The Bertz CT molecular complexity index is 151. The van der Waals surface area contributed by atoms with Crippen molar-refractivity contribution < 1.29 is 0 Å². The number of hydrogen-bond acceptors (Lipinski definition) is 0. The Morgan fingerprint density at radius 3 is 2.15 bits per heavy atom. The van der Waals surface area contributed by atoms with Crippen molar-refractivity contribution in [1.29, 1.82) is 0 Å². The maximum absolute atomic E-state index is 2.47. The second-order valence-electron chi connectivity index (χ2n) is 6.08. The molecule has 0 nitrogen and oxygen atoms in total. The van der Waals surface area contributed by atoms with Crippen LogP contribution in [0.2, 0.25) is 0 Å². The molecule has 0 heteroatoms. The van der Waals surface area contributed by atoms with E-state index in [0.717, 1.165) is 17.8 Å². The van der Waals surface area contributed by atoms with Gasteiger partial charge in [0.2, 0.25) is 0 Å². The van der Waals surface area contributed by atoms with Crippen LogP contribution in [0.5, 0.6) is 0 Å². The van der Waals surface area contributed by atoms with E-state index in [1.807, 2.05) is 0 Å². The summed E-state index contributed by atoms with van der Waals surface area (Å²) in [4.78, 5) is 0. The second kappa shape index (κ2) is 4.02. The van der Waals surface area contributed by atoms with Crippen LogP contribution >= 0.6 is 0 Å². The molecule has 1 aliphatic rings. The smallest absolute Gasteiger partial charge is 0.0321 e. The van der Waals surface area contributed by atoms with Crippen molar-refractivity contribution in [1.82, 2.24) is 0 Å². The third-order valence-electron chi connectivity index (χ3n) is 4.02. The van der Waals surface area contributed by atoms with Crippen molar-refractivity contribution in [2.24, 2.45) is 23.2 Å². The summed E-state index contributed by atoms with van der Waals surface area (Å²) in [6, 6.07) is 0. The van der Waals surface area contributed by atoms with Crippen molar-refractivity contribution in [3.63, 3.8) is 0 Å². The van der Waals surface area contributed by atoms with Crippen LogP contribution in [0.1, 0.15) is 60.3 Å². The van der Waals surface area contributed by atoms with Gasteiger partial charge in [0.15, 0.2) is 0 Å². The minimum Gasteiger partial charge on any atom is -0.0625 e. The summed E-state index contributed by atoms with van der Waals surface area (Å²) < 4.78 is 0. The molecule has 0 aromatic carbocycles. The van der Waals surface area contributed by atoms with Crippen LogP contribution in [0.15, 0.2) is 0 Å². The zero-order valence-electron chi connectivity index (χ0n) is 10.1. The van der Waals surface area contributed by atoms with Crippen LogP contribution in [-0.2, 0) is 0 Å². The molecule has 0 aromatic heterocycles. The average Bonchev–Trinajstić information content (AvgIpc) is 1.97. The van der Waals surface area contributed by atoms with Gasteiger partial charge in [-0.2, -0.15) is 0 Å². The molecule has 1 saturated carbocycles. The molecule has 0 spiro atoms. The Labute approximate surface area is 84.1 Å². The standard InChI is InChI=1S/C13H26/c1-10(2)12(4)6-7-13(5)8-11(3)9-13/h10-12H,6-9H2,1-5H3. The lowest BCUT2D eigenvalue weighted by molar-refractivity contribution is 0.0674. The monoisotopic (exact) mass is 182 g/mol. The highest BCUT2D eigenvalue weighted by Gasteiger charge is 2.37. The third-order valence-corrected chi connectivity index (χ3v) is 4.02. The second-order valence-corrected chi connectivity index (χ2v) is 6.08. The van der Waals surface area contributed by atoms with Crippen LogP contribution in [0, 0.1) is 23.2 Å². The Hall–Kier alpha value is 0. The van der Waals surface area contributed by atoms with Gasteiger partial charge < -0.3 is 0 Å². The van der Waals surface area contributed by atoms with E-state index in [9.17, 15) is 0 Å². The molecule has 78 valence electrons. The highest BCUT2D eigenvalue weighted by Crippen LogP contribution is 2.48. The molecule has 1 unspecified atom stereocenters. The van der Waals surface area contributed by atoms with E-state index in [1.54, 1.807) is 0 Å².